The molecule has 2 unspecified atom stereocenters. The Morgan fingerprint density at radius 1 is 1.20 bits per heavy atom. The molecule has 0 radical (unpaired) electrons. The molecule has 14 nitrogen and oxygen atoms in total. The summed E-state index contributed by atoms with van der Waals surface area (Å²) in [5.41, 5.74) is -3.07. The number of hydrogen-bond donors (Lipinski definition) is 1. The smallest absolute Gasteiger partial charge is 0.417 e. The van der Waals surface area contributed by atoms with Crippen molar-refractivity contribution in [3.8, 4) is 0 Å². The summed E-state index contributed by atoms with van der Waals surface area (Å²) in [4.78, 5) is 47.7. The van der Waals surface area contributed by atoms with Crippen molar-refractivity contribution in [2.24, 2.45) is 0 Å². The van der Waals surface area contributed by atoms with Gasteiger partial charge < -0.3 is 19.5 Å². The molecule has 1 N–H and O–H groups in total. The summed E-state index contributed by atoms with van der Waals surface area (Å²) in [6, 6.07) is 0. The van der Waals surface area contributed by atoms with Gasteiger partial charge in [-0.15, -0.1) is 20.2 Å². The summed E-state index contributed by atoms with van der Waals surface area (Å²) in [5, 5.41) is 36.7. The molecule has 0 aromatic rings. The zero-order valence-corrected chi connectivity index (χ0v) is 9.86. The van der Waals surface area contributed by atoms with Gasteiger partial charge in [0.25, 0.3) is 10.2 Å². The van der Waals surface area contributed by atoms with Gasteiger partial charge in [0.15, 0.2) is 6.10 Å². The number of nitrogens with zero attached hydrogens (tertiary/aromatic N) is 3. The average molecular weight is 299 g/mol. The van der Waals surface area contributed by atoms with E-state index < -0.39 is 46.1 Å². The molecule has 0 aliphatic carbocycles. The molecule has 0 bridgehead atoms. The molecule has 14 heteroatoms. The maximum Gasteiger partial charge on any atom is 0.417 e. The van der Waals surface area contributed by atoms with Crippen molar-refractivity contribution in [3.05, 3.63) is 30.3 Å². The van der Waals surface area contributed by atoms with E-state index in [0.717, 1.165) is 0 Å². The van der Waals surface area contributed by atoms with Gasteiger partial charge in [-0.1, -0.05) is 0 Å². The molecule has 0 heterocycles. The van der Waals surface area contributed by atoms with Crippen molar-refractivity contribution in [2.45, 2.75) is 18.8 Å². The molecular formula is C6H9N3O11. The Morgan fingerprint density at radius 2 is 1.75 bits per heavy atom. The largest absolute Gasteiger partial charge is 0.456 e. The first-order valence-corrected chi connectivity index (χ1v) is 4.70. The first kappa shape index (κ1) is 17.2. The number of carbonyl (C=O) groups is 1. The standard InChI is InChI=1S/C6H9N3O11/c1-6(11,7(12)13)5(10)18-2-4(20-9(16)17)3-19-8(14)15/h4,11H,2-3H2,1H3. The Hall–Kier alpha value is -2.77. The van der Waals surface area contributed by atoms with E-state index in [0.29, 0.717) is 6.92 Å². The van der Waals surface area contributed by atoms with Crippen LogP contribution in [0.1, 0.15) is 6.92 Å². The van der Waals surface area contributed by atoms with E-state index in [1.54, 1.807) is 0 Å². The normalized spacial score (nSPS) is 14.5. The molecule has 0 rings (SSSR count). The van der Waals surface area contributed by atoms with Crippen LogP contribution in [-0.4, -0.2) is 51.2 Å². The van der Waals surface area contributed by atoms with Crippen LogP contribution >= 0.6 is 0 Å². The Kier molecular flexibility index (Phi) is 6.01. The first-order valence-electron chi connectivity index (χ1n) is 4.70. The number of aliphatic hydroxyl groups is 1. The summed E-state index contributed by atoms with van der Waals surface area (Å²) >= 11 is 0. The Morgan fingerprint density at radius 3 is 2.15 bits per heavy atom. The summed E-state index contributed by atoms with van der Waals surface area (Å²) < 4.78 is 4.20. The number of carbonyl (C=O) groups excluding carboxylic acids is 1. The second-order valence-corrected chi connectivity index (χ2v) is 3.35. The second kappa shape index (κ2) is 6.98. The fourth-order valence-electron chi connectivity index (χ4n) is 0.755. The van der Waals surface area contributed by atoms with Gasteiger partial charge >= 0.3 is 11.7 Å². The van der Waals surface area contributed by atoms with Gasteiger partial charge in [-0.25, -0.2) is 4.79 Å². The van der Waals surface area contributed by atoms with Crippen LogP contribution in [0.3, 0.4) is 0 Å². The molecule has 0 spiro atoms. The van der Waals surface area contributed by atoms with Gasteiger partial charge in [-0.3, -0.25) is 10.1 Å². The van der Waals surface area contributed by atoms with E-state index in [1.807, 2.05) is 0 Å². The van der Waals surface area contributed by atoms with Crippen molar-refractivity contribution < 1.29 is 39.4 Å². The first-order chi connectivity index (χ1) is 9.07. The van der Waals surface area contributed by atoms with Crippen LogP contribution in [0.4, 0.5) is 0 Å². The molecule has 0 fully saturated rings. The highest BCUT2D eigenvalue weighted by atomic mass is 17.0. The van der Waals surface area contributed by atoms with Crippen molar-refractivity contribution in [1.82, 2.24) is 0 Å². The minimum Gasteiger partial charge on any atom is -0.456 e. The van der Waals surface area contributed by atoms with E-state index in [-0.39, 0.29) is 0 Å². The molecule has 20 heavy (non-hydrogen) atoms. The lowest BCUT2D eigenvalue weighted by atomic mass is 10.3. The van der Waals surface area contributed by atoms with Gasteiger partial charge in [0.05, 0.1) is 4.92 Å². The van der Waals surface area contributed by atoms with Crippen LogP contribution in [-0.2, 0) is 19.2 Å². The summed E-state index contributed by atoms with van der Waals surface area (Å²) in [7, 11) is 0. The molecule has 0 saturated carbocycles. The molecule has 0 aromatic carbocycles. The molecular weight excluding hydrogens is 290 g/mol. The van der Waals surface area contributed by atoms with Crippen molar-refractivity contribution in [2.75, 3.05) is 13.2 Å². The van der Waals surface area contributed by atoms with Crippen molar-refractivity contribution in [1.29, 1.82) is 0 Å². The van der Waals surface area contributed by atoms with Gasteiger partial charge in [0.1, 0.15) is 13.2 Å². The molecule has 0 aromatic heterocycles. The minimum atomic E-state index is -3.07. The molecule has 0 amide bonds. The Balaban J connectivity index is 4.52. The molecule has 0 aliphatic rings. The van der Waals surface area contributed by atoms with Crippen molar-refractivity contribution in [3.63, 3.8) is 0 Å². The van der Waals surface area contributed by atoms with E-state index >= 15 is 0 Å². The quantitative estimate of drug-likeness (QED) is 0.220. The molecule has 114 valence electrons. The third-order valence-corrected chi connectivity index (χ3v) is 1.74. The summed E-state index contributed by atoms with van der Waals surface area (Å²) in [5.74, 6) is -1.72. The monoisotopic (exact) mass is 299 g/mol. The van der Waals surface area contributed by atoms with Gasteiger partial charge in [0.2, 0.25) is 0 Å². The van der Waals surface area contributed by atoms with E-state index in [4.69, 9.17) is 5.11 Å². The minimum absolute atomic E-state index is 0.520. The summed E-state index contributed by atoms with van der Waals surface area (Å²) in [6.07, 6.45) is -1.69. The van der Waals surface area contributed by atoms with Gasteiger partial charge in [-0.2, -0.15) is 0 Å². The highest BCUT2D eigenvalue weighted by Crippen LogP contribution is 2.08. The van der Waals surface area contributed by atoms with Crippen LogP contribution in [0.15, 0.2) is 0 Å². The van der Waals surface area contributed by atoms with Gasteiger partial charge in [-0.05, 0) is 0 Å². The Labute approximate surface area is 109 Å². The van der Waals surface area contributed by atoms with Crippen LogP contribution in [0.2, 0.25) is 0 Å². The lowest BCUT2D eigenvalue weighted by Crippen LogP contribution is -2.45. The van der Waals surface area contributed by atoms with Crippen LogP contribution < -0.4 is 0 Å². The Bertz CT molecular complexity index is 407. The predicted octanol–water partition coefficient (Wildman–Crippen LogP) is -1.70. The van der Waals surface area contributed by atoms with Gasteiger partial charge in [0, 0.05) is 6.92 Å². The maximum atomic E-state index is 11.1. The second-order valence-electron chi connectivity index (χ2n) is 3.35. The lowest BCUT2D eigenvalue weighted by molar-refractivity contribution is -0.790. The topological polar surface area (TPSA) is 194 Å². The van der Waals surface area contributed by atoms with Crippen LogP contribution in [0.25, 0.3) is 0 Å². The third kappa shape index (κ3) is 5.71. The van der Waals surface area contributed by atoms with E-state index in [1.165, 1.54) is 0 Å². The number of ether oxygens (including phenoxy) is 1. The van der Waals surface area contributed by atoms with Crippen LogP contribution in [0, 0.1) is 30.3 Å². The highest BCUT2D eigenvalue weighted by molar-refractivity contribution is 5.76. The predicted molar refractivity (Wildman–Crippen MR) is 53.4 cm³/mol. The SMILES string of the molecule is CC(O)(C(=O)OCC(CO[N+](=O)[O-])O[N+](=O)[O-])[N+](=O)[O-]. The zero-order chi connectivity index (χ0) is 15.9. The van der Waals surface area contributed by atoms with E-state index in [2.05, 4.69) is 14.4 Å². The zero-order valence-electron chi connectivity index (χ0n) is 9.86. The number of rotatable bonds is 9. The van der Waals surface area contributed by atoms with E-state index in [9.17, 15) is 35.1 Å². The maximum absolute atomic E-state index is 11.1. The number of esters is 1. The molecule has 0 aliphatic heterocycles. The van der Waals surface area contributed by atoms with Crippen molar-refractivity contribution >= 4 is 5.97 Å². The number of nitro groups is 1. The average Bonchev–Trinajstić information content (AvgIpc) is 2.31. The molecule has 2 atom stereocenters. The number of hydrogen-bond acceptors (Lipinski definition) is 11. The van der Waals surface area contributed by atoms with Crippen LogP contribution in [0.5, 0.6) is 0 Å². The fraction of sp³-hybridized carbons (Fsp3) is 0.833. The third-order valence-electron chi connectivity index (χ3n) is 1.74. The summed E-state index contributed by atoms with van der Waals surface area (Å²) in [6.45, 7) is -1.41. The lowest BCUT2D eigenvalue weighted by Gasteiger charge is -2.16. The fourth-order valence-corrected chi connectivity index (χ4v) is 0.755. The molecule has 0 saturated heterocycles. The highest BCUT2D eigenvalue weighted by Gasteiger charge is 2.46.